The maximum absolute atomic E-state index is 12.8. The van der Waals surface area contributed by atoms with Gasteiger partial charge in [0.15, 0.2) is 0 Å². The van der Waals surface area contributed by atoms with Crippen molar-refractivity contribution in [2.75, 3.05) is 0 Å². The number of nitrogens with zero attached hydrogens (tertiary/aromatic N) is 1. The third-order valence-electron chi connectivity index (χ3n) is 1.72. The summed E-state index contributed by atoms with van der Waals surface area (Å²) in [6.45, 7) is 0. The highest BCUT2D eigenvalue weighted by atomic mass is 79.9. The van der Waals surface area contributed by atoms with Gasteiger partial charge in [-0.2, -0.15) is 0 Å². The molecular formula is C9H4BrClFN. The van der Waals surface area contributed by atoms with E-state index in [2.05, 4.69) is 20.9 Å². The normalized spacial score (nSPS) is 10.7. The Morgan fingerprint density at radius 1 is 1.38 bits per heavy atom. The summed E-state index contributed by atoms with van der Waals surface area (Å²) in [6, 6.07) is 4.33. The summed E-state index contributed by atoms with van der Waals surface area (Å²) in [5, 5.41) is 1.11. The lowest BCUT2D eigenvalue weighted by Crippen LogP contribution is -1.82. The average Bonchev–Trinajstić information content (AvgIpc) is 2.12. The molecule has 0 unspecified atom stereocenters. The quantitative estimate of drug-likeness (QED) is 0.702. The van der Waals surface area contributed by atoms with E-state index in [0.29, 0.717) is 20.4 Å². The Morgan fingerprint density at radius 2 is 2.15 bits per heavy atom. The molecule has 0 saturated heterocycles. The van der Waals surface area contributed by atoms with E-state index < -0.39 is 0 Å². The maximum Gasteiger partial charge on any atom is 0.124 e. The van der Waals surface area contributed by atoms with Crippen molar-refractivity contribution in [3.8, 4) is 0 Å². The molecule has 0 saturated carbocycles. The van der Waals surface area contributed by atoms with Crippen molar-refractivity contribution in [2.45, 2.75) is 0 Å². The topological polar surface area (TPSA) is 12.9 Å². The van der Waals surface area contributed by atoms with Crippen LogP contribution in [-0.4, -0.2) is 4.98 Å². The highest BCUT2D eigenvalue weighted by Crippen LogP contribution is 2.29. The summed E-state index contributed by atoms with van der Waals surface area (Å²) in [4.78, 5) is 4.08. The van der Waals surface area contributed by atoms with Crippen LogP contribution < -0.4 is 0 Å². The van der Waals surface area contributed by atoms with E-state index >= 15 is 0 Å². The molecule has 0 spiro atoms. The maximum atomic E-state index is 12.8. The largest absolute Gasteiger partial charge is 0.255 e. The lowest BCUT2D eigenvalue weighted by atomic mass is 10.2. The average molecular weight is 260 g/mol. The van der Waals surface area contributed by atoms with Crippen LogP contribution in [0.25, 0.3) is 10.9 Å². The van der Waals surface area contributed by atoms with Crippen LogP contribution in [0.15, 0.2) is 28.9 Å². The van der Waals surface area contributed by atoms with Gasteiger partial charge in [0.05, 0.1) is 15.0 Å². The number of hydrogen-bond donors (Lipinski definition) is 0. The summed E-state index contributed by atoms with van der Waals surface area (Å²) in [7, 11) is 0. The molecule has 2 rings (SSSR count). The molecule has 66 valence electrons. The highest BCUT2D eigenvalue weighted by molar-refractivity contribution is 9.10. The second kappa shape index (κ2) is 3.24. The fourth-order valence-electron chi connectivity index (χ4n) is 1.11. The van der Waals surface area contributed by atoms with Gasteiger partial charge in [-0.05, 0) is 34.1 Å². The molecule has 2 aromatic rings. The van der Waals surface area contributed by atoms with Gasteiger partial charge in [-0.25, -0.2) is 4.39 Å². The lowest BCUT2D eigenvalue weighted by Gasteiger charge is -2.01. The van der Waals surface area contributed by atoms with E-state index in [9.17, 15) is 4.39 Å². The molecule has 0 radical (unpaired) electrons. The summed E-state index contributed by atoms with van der Waals surface area (Å²) in [5.74, 6) is -0.311. The van der Waals surface area contributed by atoms with Crippen LogP contribution in [0.5, 0.6) is 0 Å². The number of benzene rings is 1. The second-order valence-electron chi connectivity index (χ2n) is 2.58. The van der Waals surface area contributed by atoms with Gasteiger partial charge in [-0.1, -0.05) is 11.6 Å². The van der Waals surface area contributed by atoms with Gasteiger partial charge in [0, 0.05) is 11.6 Å². The number of pyridine rings is 1. The Bertz CT molecular complexity index is 467. The first-order valence-electron chi connectivity index (χ1n) is 3.58. The third kappa shape index (κ3) is 1.54. The summed E-state index contributed by atoms with van der Waals surface area (Å²) in [5.41, 5.74) is 0.689. The third-order valence-corrected chi connectivity index (χ3v) is 2.96. The van der Waals surface area contributed by atoms with Crippen molar-refractivity contribution in [3.63, 3.8) is 0 Å². The second-order valence-corrected chi connectivity index (χ2v) is 3.81. The number of hydrogen-bond acceptors (Lipinski definition) is 1. The van der Waals surface area contributed by atoms with E-state index in [-0.39, 0.29) is 5.82 Å². The standard InChI is InChI=1S/C9H4BrClFN/c10-7-4-13-8-2-1-5(12)3-6(8)9(7)11/h1-4H. The van der Waals surface area contributed by atoms with Crippen molar-refractivity contribution in [2.24, 2.45) is 0 Å². The molecular weight excluding hydrogens is 256 g/mol. The number of aromatic nitrogens is 1. The molecule has 1 aromatic carbocycles. The molecule has 0 bridgehead atoms. The molecule has 4 heteroatoms. The Morgan fingerprint density at radius 3 is 2.92 bits per heavy atom. The Labute approximate surface area is 87.7 Å². The van der Waals surface area contributed by atoms with Gasteiger partial charge in [0.25, 0.3) is 0 Å². The smallest absolute Gasteiger partial charge is 0.124 e. The lowest BCUT2D eigenvalue weighted by molar-refractivity contribution is 0.629. The highest BCUT2D eigenvalue weighted by Gasteiger charge is 2.04. The molecule has 0 amide bonds. The molecule has 0 fully saturated rings. The van der Waals surface area contributed by atoms with E-state index in [4.69, 9.17) is 11.6 Å². The van der Waals surface area contributed by atoms with Crippen LogP contribution in [0.2, 0.25) is 5.02 Å². The van der Waals surface area contributed by atoms with Crippen LogP contribution in [0.3, 0.4) is 0 Å². The molecule has 1 heterocycles. The monoisotopic (exact) mass is 259 g/mol. The zero-order chi connectivity index (χ0) is 9.42. The Balaban J connectivity index is 2.89. The Hall–Kier alpha value is -0.670. The van der Waals surface area contributed by atoms with E-state index in [0.717, 1.165) is 0 Å². The fourth-order valence-corrected chi connectivity index (χ4v) is 1.62. The molecule has 1 nitrogen and oxygen atoms in total. The molecule has 0 aliphatic carbocycles. The van der Waals surface area contributed by atoms with Crippen LogP contribution in [0.4, 0.5) is 4.39 Å². The van der Waals surface area contributed by atoms with Gasteiger partial charge in [0.2, 0.25) is 0 Å². The van der Waals surface area contributed by atoms with Crippen LogP contribution in [0.1, 0.15) is 0 Å². The molecule has 0 aliphatic heterocycles. The zero-order valence-electron chi connectivity index (χ0n) is 6.39. The first kappa shape index (κ1) is 8.91. The first-order valence-corrected chi connectivity index (χ1v) is 4.75. The number of fused-ring (bicyclic) bond motifs is 1. The molecule has 0 aliphatic rings. The van der Waals surface area contributed by atoms with Gasteiger partial charge < -0.3 is 0 Å². The van der Waals surface area contributed by atoms with Crippen LogP contribution >= 0.6 is 27.5 Å². The van der Waals surface area contributed by atoms with Crippen molar-refractivity contribution < 1.29 is 4.39 Å². The van der Waals surface area contributed by atoms with Gasteiger partial charge in [-0.15, -0.1) is 0 Å². The van der Waals surface area contributed by atoms with Gasteiger partial charge in [0.1, 0.15) is 5.82 Å². The zero-order valence-corrected chi connectivity index (χ0v) is 8.73. The first-order chi connectivity index (χ1) is 6.18. The molecule has 0 atom stereocenters. The molecule has 13 heavy (non-hydrogen) atoms. The van der Waals surface area contributed by atoms with Gasteiger partial charge >= 0.3 is 0 Å². The summed E-state index contributed by atoms with van der Waals surface area (Å²) < 4.78 is 13.5. The van der Waals surface area contributed by atoms with Crippen molar-refractivity contribution in [3.05, 3.63) is 39.7 Å². The van der Waals surface area contributed by atoms with Crippen molar-refractivity contribution >= 4 is 38.4 Å². The fraction of sp³-hybridized carbons (Fsp3) is 0. The number of rotatable bonds is 0. The van der Waals surface area contributed by atoms with Crippen LogP contribution in [0, 0.1) is 5.82 Å². The van der Waals surface area contributed by atoms with Crippen molar-refractivity contribution in [1.82, 2.24) is 4.98 Å². The number of halogens is 3. The minimum Gasteiger partial charge on any atom is -0.255 e. The predicted molar refractivity (Wildman–Crippen MR) is 54.4 cm³/mol. The SMILES string of the molecule is Fc1ccc2ncc(Br)c(Cl)c2c1. The summed E-state index contributed by atoms with van der Waals surface area (Å²) >= 11 is 9.17. The van der Waals surface area contributed by atoms with E-state index in [1.54, 1.807) is 12.3 Å². The van der Waals surface area contributed by atoms with Crippen molar-refractivity contribution in [1.29, 1.82) is 0 Å². The Kier molecular flexibility index (Phi) is 2.22. The van der Waals surface area contributed by atoms with E-state index in [1.807, 2.05) is 0 Å². The minimum absolute atomic E-state index is 0.311. The minimum atomic E-state index is -0.311. The molecule has 1 aromatic heterocycles. The van der Waals surface area contributed by atoms with Crippen LogP contribution in [-0.2, 0) is 0 Å². The predicted octanol–water partition coefficient (Wildman–Crippen LogP) is 3.79. The van der Waals surface area contributed by atoms with E-state index in [1.165, 1.54) is 12.1 Å². The van der Waals surface area contributed by atoms with Gasteiger partial charge in [-0.3, -0.25) is 4.98 Å². The molecule has 0 N–H and O–H groups in total. The summed E-state index contributed by atoms with van der Waals surface area (Å²) in [6.07, 6.45) is 1.60.